The highest BCUT2D eigenvalue weighted by Crippen LogP contribution is 2.24. The molecule has 2 aliphatic rings. The van der Waals surface area contributed by atoms with Crippen LogP contribution in [0.5, 0.6) is 5.75 Å². The number of rotatable bonds is 4. The number of ether oxygens (including phenoxy) is 1. The molecule has 112 valence electrons. The number of hydrogen-bond acceptors (Lipinski definition) is 3. The predicted molar refractivity (Wildman–Crippen MR) is 85.1 cm³/mol. The van der Waals surface area contributed by atoms with Crippen LogP contribution in [0.4, 0.5) is 0 Å². The van der Waals surface area contributed by atoms with Gasteiger partial charge in [0.25, 0.3) is 0 Å². The first-order valence-corrected chi connectivity index (χ1v) is 7.53. The molecule has 0 spiro atoms. The summed E-state index contributed by atoms with van der Waals surface area (Å²) in [7, 11) is 0. The smallest absolute Gasteiger partial charge is 0.119 e. The first kappa shape index (κ1) is 15.9. The molecule has 0 aliphatic carbocycles. The van der Waals surface area contributed by atoms with Crippen molar-refractivity contribution in [3.8, 4) is 5.75 Å². The SMILES string of the molecule is Cl.Clc1ccc(OCCN2CCC3NCCC3C2)cc1. The van der Waals surface area contributed by atoms with Gasteiger partial charge in [-0.1, -0.05) is 11.6 Å². The van der Waals surface area contributed by atoms with Gasteiger partial charge in [-0.05, 0) is 56.1 Å². The highest BCUT2D eigenvalue weighted by molar-refractivity contribution is 6.30. The van der Waals surface area contributed by atoms with Crippen molar-refractivity contribution < 1.29 is 4.74 Å². The molecule has 2 unspecified atom stereocenters. The second-order valence-electron chi connectivity index (χ2n) is 5.50. The van der Waals surface area contributed by atoms with Gasteiger partial charge in [-0.3, -0.25) is 4.90 Å². The minimum Gasteiger partial charge on any atom is -0.492 e. The van der Waals surface area contributed by atoms with E-state index in [-0.39, 0.29) is 12.4 Å². The Bertz CT molecular complexity index is 413. The molecule has 1 aromatic rings. The van der Waals surface area contributed by atoms with Crippen molar-refractivity contribution in [1.82, 2.24) is 10.2 Å². The van der Waals surface area contributed by atoms with Crippen LogP contribution in [-0.4, -0.2) is 43.7 Å². The first-order chi connectivity index (χ1) is 9.31. The lowest BCUT2D eigenvalue weighted by atomic mass is 9.93. The third-order valence-electron chi connectivity index (χ3n) is 4.23. The van der Waals surface area contributed by atoms with Crippen LogP contribution < -0.4 is 10.1 Å². The molecule has 20 heavy (non-hydrogen) atoms. The van der Waals surface area contributed by atoms with E-state index in [1.165, 1.54) is 32.5 Å². The van der Waals surface area contributed by atoms with Gasteiger partial charge in [0.05, 0.1) is 0 Å². The Balaban J connectivity index is 0.00000147. The second kappa shape index (κ2) is 7.51. The van der Waals surface area contributed by atoms with E-state index in [1.54, 1.807) is 0 Å². The number of piperidine rings is 1. The molecule has 0 amide bonds. The van der Waals surface area contributed by atoms with E-state index < -0.39 is 0 Å². The fourth-order valence-electron chi connectivity index (χ4n) is 3.15. The monoisotopic (exact) mass is 316 g/mol. The average molecular weight is 317 g/mol. The average Bonchev–Trinajstić information content (AvgIpc) is 2.88. The molecule has 2 heterocycles. The highest BCUT2D eigenvalue weighted by atomic mass is 35.5. The maximum Gasteiger partial charge on any atom is 0.119 e. The van der Waals surface area contributed by atoms with Crippen molar-refractivity contribution >= 4 is 24.0 Å². The minimum atomic E-state index is 0. The number of nitrogens with one attached hydrogen (secondary N) is 1. The van der Waals surface area contributed by atoms with Crippen LogP contribution in [0.1, 0.15) is 12.8 Å². The van der Waals surface area contributed by atoms with Gasteiger partial charge in [-0.2, -0.15) is 0 Å². The molecule has 2 atom stereocenters. The number of likely N-dealkylation sites (tertiary alicyclic amines) is 1. The molecule has 2 aliphatic heterocycles. The Morgan fingerprint density at radius 2 is 2.05 bits per heavy atom. The standard InChI is InChI=1S/C15H21ClN2O.ClH/c16-13-1-3-14(4-2-13)19-10-9-18-8-6-15-12(11-18)5-7-17-15;/h1-4,12,15,17H,5-11H2;1H. The van der Waals surface area contributed by atoms with E-state index >= 15 is 0 Å². The van der Waals surface area contributed by atoms with Gasteiger partial charge >= 0.3 is 0 Å². The summed E-state index contributed by atoms with van der Waals surface area (Å²) >= 11 is 5.85. The summed E-state index contributed by atoms with van der Waals surface area (Å²) in [5, 5.41) is 4.35. The highest BCUT2D eigenvalue weighted by Gasteiger charge is 2.32. The zero-order chi connectivity index (χ0) is 13.1. The van der Waals surface area contributed by atoms with Gasteiger partial charge in [-0.25, -0.2) is 0 Å². The third-order valence-corrected chi connectivity index (χ3v) is 4.48. The molecule has 0 aromatic heterocycles. The predicted octanol–water partition coefficient (Wildman–Crippen LogP) is 2.82. The molecule has 2 fully saturated rings. The van der Waals surface area contributed by atoms with Gasteiger partial charge in [0.15, 0.2) is 0 Å². The van der Waals surface area contributed by atoms with Crippen LogP contribution in [-0.2, 0) is 0 Å². The molecule has 5 heteroatoms. The van der Waals surface area contributed by atoms with Gasteiger partial charge < -0.3 is 10.1 Å². The molecule has 1 aromatic carbocycles. The Morgan fingerprint density at radius 3 is 2.85 bits per heavy atom. The molecule has 2 saturated heterocycles. The van der Waals surface area contributed by atoms with Crippen molar-refractivity contribution in [3.05, 3.63) is 29.3 Å². The Hall–Kier alpha value is -0.480. The van der Waals surface area contributed by atoms with Crippen LogP contribution in [0.3, 0.4) is 0 Å². The number of halogens is 2. The Labute approximate surface area is 132 Å². The summed E-state index contributed by atoms with van der Waals surface area (Å²) < 4.78 is 5.76. The molecular formula is C15H22Cl2N2O. The quantitative estimate of drug-likeness (QED) is 0.924. The summed E-state index contributed by atoms with van der Waals surface area (Å²) in [4.78, 5) is 2.53. The van der Waals surface area contributed by atoms with Crippen molar-refractivity contribution in [2.75, 3.05) is 32.8 Å². The van der Waals surface area contributed by atoms with E-state index in [0.29, 0.717) is 0 Å². The van der Waals surface area contributed by atoms with E-state index in [1.807, 2.05) is 24.3 Å². The number of benzene rings is 1. The van der Waals surface area contributed by atoms with Crippen molar-refractivity contribution in [2.24, 2.45) is 5.92 Å². The lowest BCUT2D eigenvalue weighted by Crippen LogP contribution is -2.45. The second-order valence-corrected chi connectivity index (χ2v) is 5.94. The lowest BCUT2D eigenvalue weighted by molar-refractivity contribution is 0.138. The molecular weight excluding hydrogens is 295 g/mol. The molecule has 3 rings (SSSR count). The van der Waals surface area contributed by atoms with Gasteiger partial charge in [0.2, 0.25) is 0 Å². The van der Waals surface area contributed by atoms with E-state index in [4.69, 9.17) is 16.3 Å². The zero-order valence-electron chi connectivity index (χ0n) is 11.6. The van der Waals surface area contributed by atoms with Crippen LogP contribution in [0.2, 0.25) is 5.02 Å². The van der Waals surface area contributed by atoms with Crippen LogP contribution in [0, 0.1) is 5.92 Å². The third kappa shape index (κ3) is 4.01. The van der Waals surface area contributed by atoms with Gasteiger partial charge in [-0.15, -0.1) is 12.4 Å². The number of nitrogens with zero attached hydrogens (tertiary/aromatic N) is 1. The number of fused-ring (bicyclic) bond motifs is 1. The van der Waals surface area contributed by atoms with Crippen molar-refractivity contribution in [3.63, 3.8) is 0 Å². The summed E-state index contributed by atoms with van der Waals surface area (Å²) in [6.07, 6.45) is 2.62. The number of hydrogen-bond donors (Lipinski definition) is 1. The Morgan fingerprint density at radius 1 is 1.25 bits per heavy atom. The molecule has 0 bridgehead atoms. The molecule has 0 radical (unpaired) electrons. The van der Waals surface area contributed by atoms with E-state index in [2.05, 4.69) is 10.2 Å². The van der Waals surface area contributed by atoms with Gasteiger partial charge in [0.1, 0.15) is 12.4 Å². The zero-order valence-corrected chi connectivity index (χ0v) is 13.1. The van der Waals surface area contributed by atoms with Crippen LogP contribution in [0.15, 0.2) is 24.3 Å². The molecule has 3 nitrogen and oxygen atoms in total. The van der Waals surface area contributed by atoms with Gasteiger partial charge in [0, 0.05) is 24.2 Å². The Kier molecular flexibility index (Phi) is 5.97. The molecule has 1 N–H and O–H groups in total. The summed E-state index contributed by atoms with van der Waals surface area (Å²) in [5.41, 5.74) is 0. The van der Waals surface area contributed by atoms with Crippen LogP contribution >= 0.6 is 24.0 Å². The van der Waals surface area contributed by atoms with Crippen LogP contribution in [0.25, 0.3) is 0 Å². The van der Waals surface area contributed by atoms with E-state index in [0.717, 1.165) is 35.9 Å². The first-order valence-electron chi connectivity index (χ1n) is 7.15. The lowest BCUT2D eigenvalue weighted by Gasteiger charge is -2.34. The summed E-state index contributed by atoms with van der Waals surface area (Å²) in [5.74, 6) is 1.76. The fraction of sp³-hybridized carbons (Fsp3) is 0.600. The van der Waals surface area contributed by atoms with E-state index in [9.17, 15) is 0 Å². The summed E-state index contributed by atoms with van der Waals surface area (Å²) in [6.45, 7) is 5.39. The van der Waals surface area contributed by atoms with Crippen molar-refractivity contribution in [2.45, 2.75) is 18.9 Å². The summed E-state index contributed by atoms with van der Waals surface area (Å²) in [6, 6.07) is 8.36. The maximum absolute atomic E-state index is 5.85. The normalized spacial score (nSPS) is 25.9. The van der Waals surface area contributed by atoms with Crippen molar-refractivity contribution in [1.29, 1.82) is 0 Å². The maximum atomic E-state index is 5.85. The minimum absolute atomic E-state index is 0. The molecule has 0 saturated carbocycles. The largest absolute Gasteiger partial charge is 0.492 e. The fourth-order valence-corrected chi connectivity index (χ4v) is 3.28. The topological polar surface area (TPSA) is 24.5 Å².